The maximum atomic E-state index is 11.0. The van der Waals surface area contributed by atoms with Gasteiger partial charge >= 0.3 is 5.97 Å². The number of carbonyl (C=O) groups is 1. The van der Waals surface area contributed by atoms with Crippen molar-refractivity contribution in [3.63, 3.8) is 0 Å². The molecule has 3 heteroatoms. The van der Waals surface area contributed by atoms with Gasteiger partial charge < -0.3 is 9.47 Å². The molecule has 0 aliphatic heterocycles. The molecule has 0 amide bonds. The first kappa shape index (κ1) is 22.4. The smallest absolute Gasteiger partial charge is 0.305 e. The van der Waals surface area contributed by atoms with Crippen molar-refractivity contribution >= 4 is 5.97 Å². The first-order valence-corrected chi connectivity index (χ1v) is 9.84. The fourth-order valence-electron chi connectivity index (χ4n) is 2.98. The zero-order chi connectivity index (χ0) is 17.2. The lowest BCUT2D eigenvalue weighted by molar-refractivity contribution is -0.140. The molecule has 0 aliphatic carbocycles. The number of unbranched alkanes of at least 4 members (excludes halogenated alkanes) is 10. The number of ether oxygens (including phenoxy) is 2. The van der Waals surface area contributed by atoms with E-state index in [2.05, 4.69) is 11.7 Å². The van der Waals surface area contributed by atoms with Crippen LogP contribution in [0.3, 0.4) is 0 Å². The van der Waals surface area contributed by atoms with Crippen molar-refractivity contribution < 1.29 is 14.3 Å². The summed E-state index contributed by atoms with van der Waals surface area (Å²) in [6.07, 6.45) is 18.8. The predicted molar refractivity (Wildman–Crippen MR) is 97.7 cm³/mol. The number of rotatable bonds is 17. The van der Waals surface area contributed by atoms with Crippen LogP contribution in [0.4, 0.5) is 0 Å². The first-order valence-electron chi connectivity index (χ1n) is 9.84. The Labute approximate surface area is 144 Å². The number of esters is 1. The largest absolute Gasteiger partial charge is 0.469 e. The van der Waals surface area contributed by atoms with Crippen molar-refractivity contribution in [3.05, 3.63) is 0 Å². The zero-order valence-electron chi connectivity index (χ0n) is 15.9. The monoisotopic (exact) mass is 328 g/mol. The van der Waals surface area contributed by atoms with E-state index in [0.29, 0.717) is 12.5 Å². The average Bonchev–Trinajstić information content (AvgIpc) is 2.57. The second kappa shape index (κ2) is 17.8. The van der Waals surface area contributed by atoms with Crippen molar-refractivity contribution in [3.8, 4) is 0 Å². The summed E-state index contributed by atoms with van der Waals surface area (Å²) in [7, 11) is 3.32. The highest BCUT2D eigenvalue weighted by Crippen LogP contribution is 2.16. The fraction of sp³-hybridized carbons (Fsp3) is 0.950. The van der Waals surface area contributed by atoms with Crippen LogP contribution in [0.1, 0.15) is 103 Å². The topological polar surface area (TPSA) is 35.5 Å². The number of carbonyl (C=O) groups excluding carboxylic acids is 1. The number of hydrogen-bond donors (Lipinski definition) is 0. The Morgan fingerprint density at radius 1 is 0.739 bits per heavy atom. The van der Waals surface area contributed by atoms with Gasteiger partial charge in [0, 0.05) is 13.5 Å². The molecule has 138 valence electrons. The van der Waals surface area contributed by atoms with Gasteiger partial charge in [0.2, 0.25) is 0 Å². The third-order valence-electron chi connectivity index (χ3n) is 4.60. The van der Waals surface area contributed by atoms with Crippen molar-refractivity contribution in [1.29, 1.82) is 0 Å². The van der Waals surface area contributed by atoms with Gasteiger partial charge in [-0.3, -0.25) is 4.79 Å². The molecule has 3 nitrogen and oxygen atoms in total. The quantitative estimate of drug-likeness (QED) is 0.241. The molecular weight excluding hydrogens is 288 g/mol. The minimum atomic E-state index is -0.0784. The third kappa shape index (κ3) is 16.1. The molecule has 0 radical (unpaired) electrons. The van der Waals surface area contributed by atoms with E-state index in [1.807, 2.05) is 7.11 Å². The first-order chi connectivity index (χ1) is 11.2. The molecule has 0 saturated heterocycles. The molecule has 0 N–H and O–H groups in total. The van der Waals surface area contributed by atoms with Gasteiger partial charge in [0.15, 0.2) is 0 Å². The Hall–Kier alpha value is -0.570. The maximum absolute atomic E-state index is 11.0. The van der Waals surface area contributed by atoms with E-state index in [0.717, 1.165) is 12.8 Å². The molecule has 0 fully saturated rings. The summed E-state index contributed by atoms with van der Waals surface area (Å²) in [5.41, 5.74) is 0. The summed E-state index contributed by atoms with van der Waals surface area (Å²) in [5, 5.41) is 0. The van der Waals surface area contributed by atoms with Gasteiger partial charge in [0.25, 0.3) is 0 Å². The molecular formula is C20H40O3. The molecule has 0 heterocycles. The number of hydrogen-bond acceptors (Lipinski definition) is 3. The van der Waals surface area contributed by atoms with Crippen LogP contribution in [-0.2, 0) is 14.3 Å². The molecule has 0 aromatic rings. The van der Waals surface area contributed by atoms with Gasteiger partial charge in [-0.2, -0.15) is 0 Å². The zero-order valence-corrected chi connectivity index (χ0v) is 15.9. The van der Waals surface area contributed by atoms with E-state index >= 15 is 0 Å². The normalized spacial score (nSPS) is 12.3. The van der Waals surface area contributed by atoms with Crippen molar-refractivity contribution in [2.24, 2.45) is 0 Å². The van der Waals surface area contributed by atoms with Crippen molar-refractivity contribution in [2.45, 2.75) is 109 Å². The van der Waals surface area contributed by atoms with Crippen LogP contribution in [0.15, 0.2) is 0 Å². The van der Waals surface area contributed by atoms with Gasteiger partial charge in [-0.15, -0.1) is 0 Å². The summed E-state index contributed by atoms with van der Waals surface area (Å²) in [5.74, 6) is -0.0784. The standard InChI is InChI=1S/C20H40O3/c1-4-5-6-10-13-16-19(22-2)17-14-11-8-7-9-12-15-18-20(21)23-3/h19H,4-18H2,1-3H3/t19-/m1/s1. The molecule has 23 heavy (non-hydrogen) atoms. The minimum absolute atomic E-state index is 0.0784. The van der Waals surface area contributed by atoms with E-state index in [9.17, 15) is 4.79 Å². The molecule has 0 spiro atoms. The summed E-state index contributed by atoms with van der Waals surface area (Å²) in [4.78, 5) is 11.0. The van der Waals surface area contributed by atoms with E-state index in [4.69, 9.17) is 4.74 Å². The minimum Gasteiger partial charge on any atom is -0.469 e. The molecule has 0 aromatic heterocycles. The van der Waals surface area contributed by atoms with Gasteiger partial charge in [-0.05, 0) is 19.3 Å². The van der Waals surface area contributed by atoms with Gasteiger partial charge in [-0.1, -0.05) is 77.6 Å². The molecule has 1 atom stereocenters. The highest BCUT2D eigenvalue weighted by molar-refractivity contribution is 5.68. The Bertz CT molecular complexity index is 253. The lowest BCUT2D eigenvalue weighted by atomic mass is 10.0. The summed E-state index contributed by atoms with van der Waals surface area (Å²) in [6, 6.07) is 0. The van der Waals surface area contributed by atoms with Crippen LogP contribution in [0.2, 0.25) is 0 Å². The third-order valence-corrected chi connectivity index (χ3v) is 4.60. The summed E-state index contributed by atoms with van der Waals surface area (Å²) >= 11 is 0. The van der Waals surface area contributed by atoms with Crippen LogP contribution >= 0.6 is 0 Å². The van der Waals surface area contributed by atoms with Crippen molar-refractivity contribution in [1.82, 2.24) is 0 Å². The Morgan fingerprint density at radius 3 is 1.70 bits per heavy atom. The highest BCUT2D eigenvalue weighted by atomic mass is 16.5. The van der Waals surface area contributed by atoms with E-state index < -0.39 is 0 Å². The Morgan fingerprint density at radius 2 is 1.22 bits per heavy atom. The number of methoxy groups -OCH3 is 2. The highest BCUT2D eigenvalue weighted by Gasteiger charge is 2.06. The van der Waals surface area contributed by atoms with Gasteiger partial charge in [0.05, 0.1) is 13.2 Å². The molecule has 0 bridgehead atoms. The van der Waals surface area contributed by atoms with Gasteiger partial charge in [0.1, 0.15) is 0 Å². The molecule has 0 aliphatic rings. The van der Waals surface area contributed by atoms with E-state index in [1.165, 1.54) is 84.2 Å². The van der Waals surface area contributed by atoms with E-state index in [-0.39, 0.29) is 5.97 Å². The second-order valence-corrected chi connectivity index (χ2v) is 6.65. The van der Waals surface area contributed by atoms with Crippen molar-refractivity contribution in [2.75, 3.05) is 14.2 Å². The molecule has 0 unspecified atom stereocenters. The second-order valence-electron chi connectivity index (χ2n) is 6.65. The average molecular weight is 329 g/mol. The van der Waals surface area contributed by atoms with Crippen LogP contribution in [-0.4, -0.2) is 26.3 Å². The van der Waals surface area contributed by atoms with Crippen LogP contribution < -0.4 is 0 Å². The van der Waals surface area contributed by atoms with Crippen LogP contribution in [0.25, 0.3) is 0 Å². The lowest BCUT2D eigenvalue weighted by Gasteiger charge is -2.15. The molecule has 0 rings (SSSR count). The fourth-order valence-corrected chi connectivity index (χ4v) is 2.98. The lowest BCUT2D eigenvalue weighted by Crippen LogP contribution is -2.10. The van der Waals surface area contributed by atoms with E-state index in [1.54, 1.807) is 0 Å². The predicted octanol–water partition coefficient (Wildman–Crippen LogP) is 6.05. The van der Waals surface area contributed by atoms with Gasteiger partial charge in [-0.25, -0.2) is 0 Å². The Balaban J connectivity index is 3.32. The molecule has 0 aromatic carbocycles. The van der Waals surface area contributed by atoms with Crippen LogP contribution in [0.5, 0.6) is 0 Å². The Kier molecular flexibility index (Phi) is 17.3. The maximum Gasteiger partial charge on any atom is 0.305 e. The van der Waals surface area contributed by atoms with Crippen LogP contribution in [0, 0.1) is 0 Å². The summed E-state index contributed by atoms with van der Waals surface area (Å²) < 4.78 is 10.2. The molecule has 0 saturated carbocycles. The SMILES string of the molecule is CCCCCCC[C@H](CCCCCCCCCC(=O)OC)OC. The summed E-state index contributed by atoms with van der Waals surface area (Å²) in [6.45, 7) is 2.26.